The predicted octanol–water partition coefficient (Wildman–Crippen LogP) is 0.498. The van der Waals surface area contributed by atoms with E-state index in [2.05, 4.69) is 0 Å². The Hall–Kier alpha value is -0.381. The molecule has 3 radical (unpaired) electrons. The first kappa shape index (κ1) is 8.71. The number of hydrogen-bond donors (Lipinski definition) is 0. The summed E-state index contributed by atoms with van der Waals surface area (Å²) in [6, 6.07) is 5.80. The molecule has 0 aliphatic heterocycles. The first-order chi connectivity index (χ1) is 5.27. The van der Waals surface area contributed by atoms with E-state index in [9.17, 15) is 0 Å². The Labute approximate surface area is 79.6 Å². The SMILES string of the molecule is COc1ccc(OC)[c]([Sn])c1. The Kier molecular flexibility index (Phi) is 3.05. The van der Waals surface area contributed by atoms with Crippen molar-refractivity contribution in [2.24, 2.45) is 0 Å². The molecule has 0 aliphatic rings. The molecule has 3 heteroatoms. The third kappa shape index (κ3) is 2.02. The van der Waals surface area contributed by atoms with Crippen LogP contribution in [0.2, 0.25) is 0 Å². The molecular formula is C8H9O2Sn. The van der Waals surface area contributed by atoms with Gasteiger partial charge in [-0.15, -0.1) is 0 Å². The van der Waals surface area contributed by atoms with Crippen LogP contribution in [0.25, 0.3) is 0 Å². The van der Waals surface area contributed by atoms with Crippen LogP contribution >= 0.6 is 0 Å². The van der Waals surface area contributed by atoms with Crippen LogP contribution in [0.15, 0.2) is 18.2 Å². The quantitative estimate of drug-likeness (QED) is 0.717. The van der Waals surface area contributed by atoms with Gasteiger partial charge in [0.1, 0.15) is 0 Å². The fourth-order valence-electron chi connectivity index (χ4n) is 0.814. The minimum absolute atomic E-state index is 0.887. The van der Waals surface area contributed by atoms with Crippen molar-refractivity contribution in [3.63, 3.8) is 0 Å². The summed E-state index contributed by atoms with van der Waals surface area (Å²) in [5.74, 6) is 1.82. The second kappa shape index (κ2) is 3.85. The maximum atomic E-state index is 5.11. The van der Waals surface area contributed by atoms with Crippen molar-refractivity contribution in [3.8, 4) is 11.5 Å². The molecule has 0 saturated heterocycles. The van der Waals surface area contributed by atoms with Crippen molar-refractivity contribution in [2.45, 2.75) is 0 Å². The van der Waals surface area contributed by atoms with Gasteiger partial charge in [0.25, 0.3) is 0 Å². The van der Waals surface area contributed by atoms with Gasteiger partial charge in [0, 0.05) is 0 Å². The third-order valence-corrected chi connectivity index (χ3v) is 2.52. The predicted molar refractivity (Wildman–Crippen MR) is 44.9 cm³/mol. The van der Waals surface area contributed by atoms with Crippen molar-refractivity contribution in [1.29, 1.82) is 0 Å². The molecule has 2 nitrogen and oxygen atoms in total. The molecule has 0 unspecified atom stereocenters. The molecule has 0 amide bonds. The van der Waals surface area contributed by atoms with Gasteiger partial charge >= 0.3 is 79.5 Å². The van der Waals surface area contributed by atoms with Crippen molar-refractivity contribution in [3.05, 3.63) is 18.2 Å². The molecule has 0 bridgehead atoms. The maximum absolute atomic E-state index is 5.11. The molecule has 0 aromatic heterocycles. The monoisotopic (exact) mass is 257 g/mol. The second-order valence-corrected chi connectivity index (χ2v) is 3.60. The molecule has 0 heterocycles. The van der Waals surface area contributed by atoms with Crippen LogP contribution in [0.3, 0.4) is 0 Å². The fourth-order valence-corrected chi connectivity index (χ4v) is 1.75. The summed E-state index contributed by atoms with van der Waals surface area (Å²) >= 11 is 1.34. The average Bonchev–Trinajstić information content (AvgIpc) is 2.04. The second-order valence-electron chi connectivity index (χ2n) is 2.07. The zero-order valence-electron chi connectivity index (χ0n) is 6.55. The average molecular weight is 256 g/mol. The van der Waals surface area contributed by atoms with Crippen LogP contribution in [0, 0.1) is 0 Å². The molecule has 1 aromatic rings. The summed E-state index contributed by atoms with van der Waals surface area (Å²) in [5.41, 5.74) is 0. The van der Waals surface area contributed by atoms with Gasteiger partial charge in [-0.2, -0.15) is 0 Å². The molecule has 1 rings (SSSR count). The van der Waals surface area contributed by atoms with Crippen molar-refractivity contribution in [1.82, 2.24) is 0 Å². The van der Waals surface area contributed by atoms with Gasteiger partial charge in [-0.3, -0.25) is 0 Å². The van der Waals surface area contributed by atoms with E-state index < -0.39 is 0 Å². The van der Waals surface area contributed by atoms with E-state index in [1.165, 1.54) is 26.1 Å². The van der Waals surface area contributed by atoms with Crippen LogP contribution in [0.4, 0.5) is 0 Å². The summed E-state index contributed by atoms with van der Waals surface area (Å²) in [6.07, 6.45) is 0. The number of ether oxygens (including phenoxy) is 2. The van der Waals surface area contributed by atoms with E-state index in [-0.39, 0.29) is 0 Å². The molecule has 0 aliphatic carbocycles. The van der Waals surface area contributed by atoms with Gasteiger partial charge < -0.3 is 0 Å². The van der Waals surface area contributed by atoms with E-state index >= 15 is 0 Å². The summed E-state index contributed by atoms with van der Waals surface area (Å²) in [4.78, 5) is 0. The van der Waals surface area contributed by atoms with Gasteiger partial charge in [0.15, 0.2) is 0 Å². The topological polar surface area (TPSA) is 18.5 Å². The molecule has 57 valence electrons. The molecule has 0 atom stereocenters. The third-order valence-electron chi connectivity index (χ3n) is 1.41. The summed E-state index contributed by atoms with van der Waals surface area (Å²) < 4.78 is 11.3. The normalized spacial score (nSPS) is 9.36. The summed E-state index contributed by atoms with van der Waals surface area (Å²) in [7, 11) is 3.34. The van der Waals surface area contributed by atoms with Crippen molar-refractivity contribution >= 4 is 26.1 Å². The van der Waals surface area contributed by atoms with Crippen molar-refractivity contribution in [2.75, 3.05) is 14.2 Å². The van der Waals surface area contributed by atoms with E-state index in [1.54, 1.807) is 14.2 Å². The van der Waals surface area contributed by atoms with Gasteiger partial charge in [-0.25, -0.2) is 0 Å². The first-order valence-electron chi connectivity index (χ1n) is 3.21. The van der Waals surface area contributed by atoms with E-state index in [0.717, 1.165) is 11.5 Å². The number of methoxy groups -OCH3 is 2. The Bertz CT molecular complexity index is 248. The van der Waals surface area contributed by atoms with Crippen LogP contribution in [-0.2, 0) is 0 Å². The zero-order chi connectivity index (χ0) is 8.27. The van der Waals surface area contributed by atoms with Gasteiger partial charge in [0.2, 0.25) is 0 Å². The van der Waals surface area contributed by atoms with Crippen LogP contribution in [0.1, 0.15) is 0 Å². The van der Waals surface area contributed by atoms with E-state index in [0.29, 0.717) is 0 Å². The van der Waals surface area contributed by atoms with Crippen LogP contribution < -0.4 is 13.1 Å². The molecule has 0 saturated carbocycles. The molecule has 0 N–H and O–H groups in total. The first-order valence-corrected chi connectivity index (χ1v) is 4.64. The van der Waals surface area contributed by atoms with Crippen LogP contribution in [0.5, 0.6) is 11.5 Å². The van der Waals surface area contributed by atoms with Crippen LogP contribution in [-0.4, -0.2) is 36.7 Å². The molecule has 0 fully saturated rings. The van der Waals surface area contributed by atoms with Gasteiger partial charge in [0.05, 0.1) is 0 Å². The summed E-state index contributed by atoms with van der Waals surface area (Å²) in [5, 5.41) is 0. The number of hydrogen-bond acceptors (Lipinski definition) is 2. The van der Waals surface area contributed by atoms with E-state index in [1.807, 2.05) is 18.2 Å². The minimum atomic E-state index is 0.887. The zero-order valence-corrected chi connectivity index (χ0v) is 9.40. The Morgan fingerprint density at radius 2 is 1.91 bits per heavy atom. The number of rotatable bonds is 2. The molecular weight excluding hydrogens is 247 g/mol. The standard InChI is InChI=1S/C8H9O2.Sn/c1-9-7-3-5-8(10-2)6-4-7;/h3-5H,1-2H3;. The van der Waals surface area contributed by atoms with Crippen molar-refractivity contribution < 1.29 is 9.47 Å². The summed E-state index contributed by atoms with van der Waals surface area (Å²) in [6.45, 7) is 0. The Morgan fingerprint density at radius 1 is 1.18 bits per heavy atom. The molecule has 0 spiro atoms. The Balaban J connectivity index is 2.99. The fraction of sp³-hybridized carbons (Fsp3) is 0.250. The molecule has 11 heavy (non-hydrogen) atoms. The van der Waals surface area contributed by atoms with Gasteiger partial charge in [-0.1, -0.05) is 0 Å². The number of benzene rings is 1. The molecule has 1 aromatic carbocycles. The Morgan fingerprint density at radius 3 is 2.36 bits per heavy atom. The van der Waals surface area contributed by atoms with Gasteiger partial charge in [-0.05, 0) is 0 Å². The van der Waals surface area contributed by atoms with E-state index in [4.69, 9.17) is 9.47 Å².